The molecular weight excluding hydrogens is 232 g/mol. The SMILES string of the molecule is O=C(O)Cc1ccc(C=CBr)cc1. The van der Waals surface area contributed by atoms with Crippen LogP contribution in [0.2, 0.25) is 0 Å². The molecular formula is C10H9BrO2. The molecule has 1 N–H and O–H groups in total. The van der Waals surface area contributed by atoms with Gasteiger partial charge >= 0.3 is 5.97 Å². The lowest BCUT2D eigenvalue weighted by Crippen LogP contribution is -1.99. The fraction of sp³-hybridized carbons (Fsp3) is 0.100. The number of carboxylic acids is 1. The van der Waals surface area contributed by atoms with Gasteiger partial charge in [0.15, 0.2) is 0 Å². The van der Waals surface area contributed by atoms with Gasteiger partial charge in [0.2, 0.25) is 0 Å². The van der Waals surface area contributed by atoms with Crippen LogP contribution in [0.1, 0.15) is 11.1 Å². The lowest BCUT2D eigenvalue weighted by Gasteiger charge is -1.97. The molecule has 0 aliphatic heterocycles. The van der Waals surface area contributed by atoms with Gasteiger partial charge in [0, 0.05) is 0 Å². The van der Waals surface area contributed by atoms with E-state index in [4.69, 9.17) is 5.11 Å². The van der Waals surface area contributed by atoms with Crippen molar-refractivity contribution < 1.29 is 9.90 Å². The summed E-state index contributed by atoms with van der Waals surface area (Å²) >= 11 is 3.17. The van der Waals surface area contributed by atoms with Crippen LogP contribution in [-0.4, -0.2) is 11.1 Å². The Morgan fingerprint density at radius 2 is 2.00 bits per heavy atom. The second-order valence-electron chi connectivity index (χ2n) is 2.60. The average Bonchev–Trinajstić information content (AvgIpc) is 2.08. The smallest absolute Gasteiger partial charge is 0.307 e. The van der Waals surface area contributed by atoms with Crippen LogP contribution in [0.5, 0.6) is 0 Å². The van der Waals surface area contributed by atoms with Crippen LogP contribution in [-0.2, 0) is 11.2 Å². The zero-order valence-corrected chi connectivity index (χ0v) is 8.49. The van der Waals surface area contributed by atoms with E-state index >= 15 is 0 Å². The van der Waals surface area contributed by atoms with Gasteiger partial charge in [-0.2, -0.15) is 0 Å². The van der Waals surface area contributed by atoms with E-state index in [9.17, 15) is 4.79 Å². The molecule has 0 aliphatic carbocycles. The number of halogens is 1. The fourth-order valence-electron chi connectivity index (χ4n) is 0.994. The van der Waals surface area contributed by atoms with Crippen LogP contribution in [0.15, 0.2) is 29.3 Å². The molecule has 0 spiro atoms. The molecule has 0 aliphatic rings. The highest BCUT2D eigenvalue weighted by molar-refractivity contribution is 9.11. The zero-order valence-electron chi connectivity index (χ0n) is 6.90. The van der Waals surface area contributed by atoms with Gasteiger partial charge in [0.05, 0.1) is 6.42 Å². The topological polar surface area (TPSA) is 37.3 Å². The van der Waals surface area contributed by atoms with E-state index in [0.717, 1.165) is 11.1 Å². The van der Waals surface area contributed by atoms with E-state index < -0.39 is 5.97 Å². The molecule has 1 aromatic rings. The predicted octanol–water partition coefficient (Wildman–Crippen LogP) is 2.68. The zero-order chi connectivity index (χ0) is 9.68. The summed E-state index contributed by atoms with van der Waals surface area (Å²) in [6.45, 7) is 0. The number of carbonyl (C=O) groups is 1. The third-order valence-corrected chi connectivity index (χ3v) is 1.85. The minimum atomic E-state index is -0.802. The lowest BCUT2D eigenvalue weighted by molar-refractivity contribution is -0.136. The Morgan fingerprint density at radius 3 is 2.46 bits per heavy atom. The largest absolute Gasteiger partial charge is 0.481 e. The Morgan fingerprint density at radius 1 is 1.38 bits per heavy atom. The van der Waals surface area contributed by atoms with Gasteiger partial charge in [0.25, 0.3) is 0 Å². The predicted molar refractivity (Wildman–Crippen MR) is 55.7 cm³/mol. The molecule has 0 atom stereocenters. The molecule has 0 fully saturated rings. The van der Waals surface area contributed by atoms with Crippen LogP contribution in [0.4, 0.5) is 0 Å². The summed E-state index contributed by atoms with van der Waals surface area (Å²) in [5.74, 6) is -0.802. The number of hydrogen-bond donors (Lipinski definition) is 1. The molecule has 0 unspecified atom stereocenters. The molecule has 0 radical (unpaired) electrons. The maximum absolute atomic E-state index is 10.4. The molecule has 0 bridgehead atoms. The van der Waals surface area contributed by atoms with E-state index in [1.807, 2.05) is 30.3 Å². The maximum Gasteiger partial charge on any atom is 0.307 e. The lowest BCUT2D eigenvalue weighted by atomic mass is 10.1. The summed E-state index contributed by atoms with van der Waals surface area (Å²) in [5.41, 5.74) is 1.87. The van der Waals surface area contributed by atoms with Gasteiger partial charge in [-0.3, -0.25) is 4.79 Å². The number of hydrogen-bond acceptors (Lipinski definition) is 1. The summed E-state index contributed by atoms with van der Waals surface area (Å²) in [6, 6.07) is 7.40. The molecule has 1 aromatic carbocycles. The average molecular weight is 241 g/mol. The Balaban J connectivity index is 2.75. The van der Waals surface area contributed by atoms with Crippen LogP contribution < -0.4 is 0 Å². The maximum atomic E-state index is 10.4. The summed E-state index contributed by atoms with van der Waals surface area (Å²) in [5, 5.41) is 8.52. The molecule has 13 heavy (non-hydrogen) atoms. The highest BCUT2D eigenvalue weighted by Gasteiger charge is 1.98. The first kappa shape index (κ1) is 9.99. The van der Waals surface area contributed by atoms with Crippen molar-refractivity contribution in [2.75, 3.05) is 0 Å². The summed E-state index contributed by atoms with van der Waals surface area (Å²) in [4.78, 5) is 12.1. The first-order valence-corrected chi connectivity index (χ1v) is 4.71. The molecule has 0 saturated carbocycles. The first-order valence-electron chi connectivity index (χ1n) is 3.80. The van der Waals surface area contributed by atoms with E-state index in [0.29, 0.717) is 0 Å². The quantitative estimate of drug-likeness (QED) is 0.883. The molecule has 3 heteroatoms. The van der Waals surface area contributed by atoms with Crippen LogP contribution >= 0.6 is 15.9 Å². The molecule has 1 rings (SSSR count). The molecule has 2 nitrogen and oxygen atoms in total. The highest BCUT2D eigenvalue weighted by atomic mass is 79.9. The summed E-state index contributed by atoms with van der Waals surface area (Å²) < 4.78 is 0. The monoisotopic (exact) mass is 240 g/mol. The van der Waals surface area contributed by atoms with Crippen molar-refractivity contribution >= 4 is 28.0 Å². The van der Waals surface area contributed by atoms with E-state index in [-0.39, 0.29) is 6.42 Å². The first-order chi connectivity index (χ1) is 6.22. The Bertz CT molecular complexity index is 314. The number of benzene rings is 1. The Kier molecular flexibility index (Phi) is 3.71. The number of aliphatic carboxylic acids is 1. The summed E-state index contributed by atoms with van der Waals surface area (Å²) in [6.07, 6.45) is 1.98. The highest BCUT2D eigenvalue weighted by Crippen LogP contribution is 2.07. The molecule has 0 amide bonds. The number of carboxylic acid groups (broad SMARTS) is 1. The van der Waals surface area contributed by atoms with Crippen molar-refractivity contribution in [1.29, 1.82) is 0 Å². The van der Waals surface area contributed by atoms with Crippen molar-refractivity contribution in [3.8, 4) is 0 Å². The standard InChI is InChI=1S/C10H9BrO2/c11-6-5-8-1-3-9(4-2-8)7-10(12)13/h1-6H,7H2,(H,12,13). The van der Waals surface area contributed by atoms with Gasteiger partial charge in [-0.1, -0.05) is 40.2 Å². The van der Waals surface area contributed by atoms with Gasteiger partial charge in [-0.05, 0) is 22.2 Å². The van der Waals surface area contributed by atoms with Gasteiger partial charge < -0.3 is 5.11 Å². The van der Waals surface area contributed by atoms with Crippen LogP contribution in [0, 0.1) is 0 Å². The molecule has 68 valence electrons. The van der Waals surface area contributed by atoms with Crippen molar-refractivity contribution in [1.82, 2.24) is 0 Å². The minimum absolute atomic E-state index is 0.0817. The second-order valence-corrected chi connectivity index (χ2v) is 3.13. The third kappa shape index (κ3) is 3.42. The van der Waals surface area contributed by atoms with E-state index in [1.54, 1.807) is 4.99 Å². The van der Waals surface area contributed by atoms with Crippen molar-refractivity contribution in [3.63, 3.8) is 0 Å². The normalized spacial score (nSPS) is 10.5. The van der Waals surface area contributed by atoms with Gasteiger partial charge in [-0.25, -0.2) is 0 Å². The molecule has 0 saturated heterocycles. The Labute approximate surface area is 85.0 Å². The third-order valence-electron chi connectivity index (χ3n) is 1.59. The summed E-state index contributed by atoms with van der Waals surface area (Å²) in [7, 11) is 0. The minimum Gasteiger partial charge on any atom is -0.481 e. The van der Waals surface area contributed by atoms with Gasteiger partial charge in [0.1, 0.15) is 0 Å². The fourth-order valence-corrected chi connectivity index (χ4v) is 1.30. The van der Waals surface area contributed by atoms with E-state index in [1.165, 1.54) is 0 Å². The van der Waals surface area contributed by atoms with Gasteiger partial charge in [-0.15, -0.1) is 0 Å². The van der Waals surface area contributed by atoms with Crippen LogP contribution in [0.3, 0.4) is 0 Å². The van der Waals surface area contributed by atoms with Crippen molar-refractivity contribution in [2.45, 2.75) is 6.42 Å². The van der Waals surface area contributed by atoms with Crippen molar-refractivity contribution in [3.05, 3.63) is 40.4 Å². The van der Waals surface area contributed by atoms with E-state index in [2.05, 4.69) is 15.9 Å². The number of rotatable bonds is 3. The Hall–Kier alpha value is -1.09. The van der Waals surface area contributed by atoms with Crippen LogP contribution in [0.25, 0.3) is 6.08 Å². The molecule has 0 aromatic heterocycles. The molecule has 0 heterocycles. The van der Waals surface area contributed by atoms with Crippen molar-refractivity contribution in [2.24, 2.45) is 0 Å². The second kappa shape index (κ2) is 4.82.